The van der Waals surface area contributed by atoms with Crippen molar-refractivity contribution in [3.8, 4) is 5.75 Å². The number of aliphatic hydroxyl groups is 1. The smallest absolute Gasteiger partial charge is 0.132 e. The second-order valence-corrected chi connectivity index (χ2v) is 6.83. The molecule has 4 heteroatoms. The van der Waals surface area contributed by atoms with Gasteiger partial charge in [0.2, 0.25) is 0 Å². The van der Waals surface area contributed by atoms with Crippen molar-refractivity contribution < 1.29 is 9.84 Å². The molecule has 0 saturated carbocycles. The Kier molecular flexibility index (Phi) is 5.97. The Bertz CT molecular complexity index is 450. The molecule has 1 aliphatic heterocycles. The summed E-state index contributed by atoms with van der Waals surface area (Å²) in [7, 11) is 1.72. The van der Waals surface area contributed by atoms with E-state index >= 15 is 0 Å². The summed E-state index contributed by atoms with van der Waals surface area (Å²) in [6, 6.07) is 6.46. The van der Waals surface area contributed by atoms with Crippen LogP contribution in [-0.2, 0) is 6.54 Å². The molecule has 0 radical (unpaired) electrons. The Labute approximate surface area is 132 Å². The molecule has 0 atom stereocenters. The summed E-state index contributed by atoms with van der Waals surface area (Å²) in [6.07, 6.45) is 5.37. The molecule has 0 amide bonds. The molecular formula is C17H27NO2S. The van der Waals surface area contributed by atoms with Crippen molar-refractivity contribution in [3.05, 3.63) is 23.8 Å². The zero-order valence-electron chi connectivity index (χ0n) is 13.4. The number of rotatable bonds is 6. The van der Waals surface area contributed by atoms with E-state index in [9.17, 15) is 5.11 Å². The summed E-state index contributed by atoms with van der Waals surface area (Å²) in [5.74, 6) is 0.954. The summed E-state index contributed by atoms with van der Waals surface area (Å²) in [5.41, 5.74) is 1.51. The fourth-order valence-electron chi connectivity index (χ4n) is 3.05. The molecule has 1 aromatic carbocycles. The van der Waals surface area contributed by atoms with E-state index in [1.165, 1.54) is 10.5 Å². The number of aliphatic hydroxyl groups excluding tert-OH is 1. The molecule has 0 aliphatic carbocycles. The third-order valence-electron chi connectivity index (χ3n) is 4.86. The molecule has 1 N–H and O–H groups in total. The maximum absolute atomic E-state index is 9.61. The third-order valence-corrected chi connectivity index (χ3v) is 5.62. The summed E-state index contributed by atoms with van der Waals surface area (Å²) < 4.78 is 5.38. The molecule has 0 unspecified atom stereocenters. The van der Waals surface area contributed by atoms with Crippen LogP contribution in [0.1, 0.15) is 31.7 Å². The van der Waals surface area contributed by atoms with Crippen LogP contribution in [0, 0.1) is 5.41 Å². The van der Waals surface area contributed by atoms with E-state index in [0.29, 0.717) is 6.61 Å². The average molecular weight is 309 g/mol. The molecule has 21 heavy (non-hydrogen) atoms. The van der Waals surface area contributed by atoms with Gasteiger partial charge in [-0.15, -0.1) is 11.8 Å². The van der Waals surface area contributed by atoms with Gasteiger partial charge in [0, 0.05) is 18.0 Å². The minimum absolute atomic E-state index is 0.167. The van der Waals surface area contributed by atoms with Gasteiger partial charge in [0.1, 0.15) is 5.75 Å². The number of piperidine rings is 1. The van der Waals surface area contributed by atoms with Gasteiger partial charge < -0.3 is 9.84 Å². The number of thioether (sulfide) groups is 1. The molecular weight excluding hydrogens is 282 g/mol. The van der Waals surface area contributed by atoms with Gasteiger partial charge in [-0.1, -0.05) is 13.0 Å². The van der Waals surface area contributed by atoms with E-state index in [0.717, 1.165) is 44.6 Å². The topological polar surface area (TPSA) is 32.7 Å². The van der Waals surface area contributed by atoms with Crippen LogP contribution < -0.4 is 4.74 Å². The Morgan fingerprint density at radius 2 is 2.05 bits per heavy atom. The molecule has 0 bridgehead atoms. The molecule has 2 rings (SSSR count). The van der Waals surface area contributed by atoms with Gasteiger partial charge in [0.05, 0.1) is 7.11 Å². The number of ether oxygens (including phenoxy) is 1. The number of likely N-dealkylation sites (tertiary alicyclic amines) is 1. The first kappa shape index (κ1) is 16.7. The lowest BCUT2D eigenvalue weighted by atomic mass is 9.77. The lowest BCUT2D eigenvalue weighted by Crippen LogP contribution is -2.41. The molecule has 3 nitrogen and oxygen atoms in total. The van der Waals surface area contributed by atoms with Crippen LogP contribution in [0.2, 0.25) is 0 Å². The van der Waals surface area contributed by atoms with E-state index in [1.807, 2.05) is 0 Å². The molecule has 1 aliphatic rings. The first-order chi connectivity index (χ1) is 10.2. The highest BCUT2D eigenvalue weighted by atomic mass is 32.2. The van der Waals surface area contributed by atoms with Crippen LogP contribution in [0.25, 0.3) is 0 Å². The summed E-state index contributed by atoms with van der Waals surface area (Å²) >= 11 is 1.73. The number of methoxy groups -OCH3 is 1. The summed E-state index contributed by atoms with van der Waals surface area (Å²) in [6.45, 7) is 5.67. The molecule has 1 aromatic rings. The quantitative estimate of drug-likeness (QED) is 0.816. The Morgan fingerprint density at radius 1 is 1.33 bits per heavy atom. The van der Waals surface area contributed by atoms with E-state index in [4.69, 9.17) is 4.74 Å². The predicted octanol–water partition coefficient (Wildman–Crippen LogP) is 3.40. The lowest BCUT2D eigenvalue weighted by molar-refractivity contribution is 0.0382. The highest BCUT2D eigenvalue weighted by molar-refractivity contribution is 7.98. The summed E-state index contributed by atoms with van der Waals surface area (Å²) in [4.78, 5) is 3.69. The molecule has 1 heterocycles. The normalized spacial score (nSPS) is 18.7. The predicted molar refractivity (Wildman–Crippen MR) is 89.1 cm³/mol. The number of hydrogen-bond acceptors (Lipinski definition) is 4. The first-order valence-corrected chi connectivity index (χ1v) is 8.93. The molecule has 118 valence electrons. The number of nitrogens with zero attached hydrogens (tertiary/aromatic N) is 1. The highest BCUT2D eigenvalue weighted by Crippen LogP contribution is 2.35. The first-order valence-electron chi connectivity index (χ1n) is 7.70. The van der Waals surface area contributed by atoms with Crippen LogP contribution in [-0.4, -0.2) is 43.1 Å². The van der Waals surface area contributed by atoms with Gasteiger partial charge in [0.15, 0.2) is 0 Å². The maximum atomic E-state index is 9.61. The van der Waals surface area contributed by atoms with Crippen molar-refractivity contribution in [1.29, 1.82) is 0 Å². The van der Waals surface area contributed by atoms with E-state index in [2.05, 4.69) is 36.3 Å². The van der Waals surface area contributed by atoms with Crippen molar-refractivity contribution in [2.24, 2.45) is 5.41 Å². The molecule has 1 saturated heterocycles. The lowest BCUT2D eigenvalue weighted by Gasteiger charge is -2.40. The fraction of sp³-hybridized carbons (Fsp3) is 0.647. The van der Waals surface area contributed by atoms with Crippen LogP contribution in [0.3, 0.4) is 0 Å². The van der Waals surface area contributed by atoms with E-state index < -0.39 is 0 Å². The SMILES string of the molecule is CCC1(CO)CCN(Cc2ccc(OC)c(SC)c2)CC1. The molecule has 1 fully saturated rings. The zero-order chi connectivity index (χ0) is 15.3. The largest absolute Gasteiger partial charge is 0.496 e. The van der Waals surface area contributed by atoms with Gasteiger partial charge in [0.25, 0.3) is 0 Å². The standard InChI is InChI=1S/C17H27NO2S/c1-4-17(13-19)7-9-18(10-8-17)12-14-5-6-15(20-2)16(11-14)21-3/h5-6,11,19H,4,7-10,12-13H2,1-3H3. The van der Waals surface area contributed by atoms with Crippen LogP contribution in [0.15, 0.2) is 23.1 Å². The van der Waals surface area contributed by atoms with E-state index in [-0.39, 0.29) is 5.41 Å². The van der Waals surface area contributed by atoms with Crippen molar-refractivity contribution in [2.45, 2.75) is 37.6 Å². The second kappa shape index (κ2) is 7.52. The summed E-state index contributed by atoms with van der Waals surface area (Å²) in [5, 5.41) is 9.61. The Morgan fingerprint density at radius 3 is 2.57 bits per heavy atom. The van der Waals surface area contributed by atoms with Gasteiger partial charge >= 0.3 is 0 Å². The van der Waals surface area contributed by atoms with Crippen LogP contribution in [0.5, 0.6) is 5.75 Å². The van der Waals surface area contributed by atoms with Gasteiger partial charge in [-0.2, -0.15) is 0 Å². The van der Waals surface area contributed by atoms with Gasteiger partial charge in [-0.25, -0.2) is 0 Å². The maximum Gasteiger partial charge on any atom is 0.132 e. The number of hydrogen-bond donors (Lipinski definition) is 1. The van der Waals surface area contributed by atoms with Crippen molar-refractivity contribution >= 4 is 11.8 Å². The van der Waals surface area contributed by atoms with Crippen molar-refractivity contribution in [3.63, 3.8) is 0 Å². The average Bonchev–Trinajstić information content (AvgIpc) is 2.55. The molecule has 0 spiro atoms. The Balaban J connectivity index is 1.97. The van der Waals surface area contributed by atoms with Gasteiger partial charge in [-0.05, 0) is 61.7 Å². The Hall–Kier alpha value is -0.710. The van der Waals surface area contributed by atoms with Crippen LogP contribution in [0.4, 0.5) is 0 Å². The second-order valence-electron chi connectivity index (χ2n) is 5.98. The van der Waals surface area contributed by atoms with Gasteiger partial charge in [-0.3, -0.25) is 4.90 Å². The monoisotopic (exact) mass is 309 g/mol. The van der Waals surface area contributed by atoms with E-state index in [1.54, 1.807) is 18.9 Å². The highest BCUT2D eigenvalue weighted by Gasteiger charge is 2.32. The number of benzene rings is 1. The minimum atomic E-state index is 0.167. The fourth-order valence-corrected chi connectivity index (χ4v) is 3.67. The minimum Gasteiger partial charge on any atom is -0.496 e. The third kappa shape index (κ3) is 3.93. The molecule has 0 aromatic heterocycles. The van der Waals surface area contributed by atoms with Crippen molar-refractivity contribution in [1.82, 2.24) is 4.90 Å². The zero-order valence-corrected chi connectivity index (χ0v) is 14.2. The van der Waals surface area contributed by atoms with Crippen LogP contribution >= 0.6 is 11.8 Å². The van der Waals surface area contributed by atoms with Crippen molar-refractivity contribution in [2.75, 3.05) is 33.1 Å².